The SMILES string of the molecule is CS(=O)(=O)Cc1noc(NC(=O)N2CCCCC[C@H]2c2ccco2)n1. The van der Waals surface area contributed by atoms with Crippen LogP contribution in [0.4, 0.5) is 10.8 Å². The maximum absolute atomic E-state index is 12.6. The Morgan fingerprint density at radius 3 is 2.96 bits per heavy atom. The molecule has 1 saturated heterocycles. The molecule has 1 fully saturated rings. The van der Waals surface area contributed by atoms with Crippen LogP contribution in [0, 0.1) is 0 Å². The second-order valence-corrected chi connectivity index (χ2v) is 8.23. The van der Waals surface area contributed by atoms with E-state index in [1.807, 2.05) is 6.07 Å². The van der Waals surface area contributed by atoms with Gasteiger partial charge in [-0.3, -0.25) is 5.32 Å². The number of urea groups is 1. The van der Waals surface area contributed by atoms with E-state index in [-0.39, 0.29) is 29.7 Å². The van der Waals surface area contributed by atoms with Crippen LogP contribution in [0.25, 0.3) is 0 Å². The highest BCUT2D eigenvalue weighted by atomic mass is 32.2. The number of furan rings is 1. The average molecular weight is 368 g/mol. The number of hydrogen-bond donors (Lipinski definition) is 1. The Hall–Kier alpha value is -2.36. The molecular formula is C15H20N4O5S. The van der Waals surface area contributed by atoms with Crippen molar-refractivity contribution >= 4 is 21.9 Å². The molecule has 2 aromatic heterocycles. The van der Waals surface area contributed by atoms with Crippen LogP contribution < -0.4 is 5.32 Å². The number of amides is 2. The third-order valence-corrected chi connectivity index (χ3v) is 4.74. The fourth-order valence-electron chi connectivity index (χ4n) is 2.89. The van der Waals surface area contributed by atoms with Crippen LogP contribution in [0.1, 0.15) is 43.3 Å². The number of nitrogens with zero attached hydrogens (tertiary/aromatic N) is 3. The molecule has 0 spiro atoms. The van der Waals surface area contributed by atoms with E-state index in [4.69, 9.17) is 8.94 Å². The molecule has 0 unspecified atom stereocenters. The zero-order chi connectivity index (χ0) is 17.9. The number of carbonyl (C=O) groups is 1. The molecule has 1 aliphatic heterocycles. The average Bonchev–Trinajstić information content (AvgIpc) is 3.13. The van der Waals surface area contributed by atoms with Crippen molar-refractivity contribution in [2.24, 2.45) is 0 Å². The van der Waals surface area contributed by atoms with Gasteiger partial charge in [0, 0.05) is 12.8 Å². The predicted octanol–water partition coefficient (Wildman–Crippen LogP) is 2.36. The third-order valence-electron chi connectivity index (χ3n) is 3.96. The van der Waals surface area contributed by atoms with Crippen LogP contribution in [0.3, 0.4) is 0 Å². The minimum atomic E-state index is -3.28. The zero-order valence-electron chi connectivity index (χ0n) is 13.8. The second-order valence-electron chi connectivity index (χ2n) is 6.09. The monoisotopic (exact) mass is 368 g/mol. The molecule has 10 heteroatoms. The molecule has 0 aliphatic carbocycles. The quantitative estimate of drug-likeness (QED) is 0.880. The smallest absolute Gasteiger partial charge is 0.329 e. The number of sulfone groups is 1. The molecule has 3 rings (SSSR count). The van der Waals surface area contributed by atoms with E-state index in [1.54, 1.807) is 17.2 Å². The normalized spacial score (nSPS) is 18.8. The van der Waals surface area contributed by atoms with Crippen LogP contribution in [-0.2, 0) is 15.6 Å². The van der Waals surface area contributed by atoms with Gasteiger partial charge in [0.1, 0.15) is 11.5 Å². The van der Waals surface area contributed by atoms with E-state index in [0.29, 0.717) is 6.54 Å². The highest BCUT2D eigenvalue weighted by molar-refractivity contribution is 7.89. The molecule has 0 radical (unpaired) electrons. The first kappa shape index (κ1) is 17.5. The van der Waals surface area contributed by atoms with Crippen molar-refractivity contribution in [3.8, 4) is 0 Å². The Labute approximate surface area is 145 Å². The van der Waals surface area contributed by atoms with Crippen molar-refractivity contribution in [2.75, 3.05) is 18.1 Å². The molecular weight excluding hydrogens is 348 g/mol. The Morgan fingerprint density at radius 1 is 1.40 bits per heavy atom. The summed E-state index contributed by atoms with van der Waals surface area (Å²) in [4.78, 5) is 18.2. The van der Waals surface area contributed by atoms with Gasteiger partial charge in [-0.1, -0.05) is 18.0 Å². The van der Waals surface area contributed by atoms with E-state index in [0.717, 1.165) is 37.7 Å². The van der Waals surface area contributed by atoms with Gasteiger partial charge in [0.2, 0.25) is 0 Å². The number of aromatic nitrogens is 2. The molecule has 9 nitrogen and oxygen atoms in total. The number of rotatable bonds is 4. The number of nitrogens with one attached hydrogen (secondary N) is 1. The summed E-state index contributed by atoms with van der Waals surface area (Å²) < 4.78 is 32.9. The summed E-state index contributed by atoms with van der Waals surface area (Å²) in [5, 5.41) is 6.12. The lowest BCUT2D eigenvalue weighted by Gasteiger charge is -2.28. The lowest BCUT2D eigenvalue weighted by Crippen LogP contribution is -2.38. The fraction of sp³-hybridized carbons (Fsp3) is 0.533. The summed E-state index contributed by atoms with van der Waals surface area (Å²) in [5.74, 6) is 0.405. The van der Waals surface area contributed by atoms with Gasteiger partial charge in [0.15, 0.2) is 15.7 Å². The summed E-state index contributed by atoms with van der Waals surface area (Å²) in [6.07, 6.45) is 6.42. The lowest BCUT2D eigenvalue weighted by atomic mass is 10.1. The van der Waals surface area contributed by atoms with E-state index in [2.05, 4.69) is 15.5 Å². The fourth-order valence-corrected chi connectivity index (χ4v) is 3.48. The van der Waals surface area contributed by atoms with Crippen LogP contribution in [-0.4, -0.2) is 42.3 Å². The highest BCUT2D eigenvalue weighted by Gasteiger charge is 2.29. The lowest BCUT2D eigenvalue weighted by molar-refractivity contribution is 0.178. The molecule has 1 atom stereocenters. The summed E-state index contributed by atoms with van der Waals surface area (Å²) in [7, 11) is -3.28. The van der Waals surface area contributed by atoms with Crippen molar-refractivity contribution in [3.63, 3.8) is 0 Å². The maximum atomic E-state index is 12.6. The first-order valence-electron chi connectivity index (χ1n) is 8.04. The number of hydrogen-bond acceptors (Lipinski definition) is 7. The number of anilines is 1. The molecule has 3 heterocycles. The molecule has 1 N–H and O–H groups in total. The maximum Gasteiger partial charge on any atom is 0.329 e. The molecule has 0 bridgehead atoms. The van der Waals surface area contributed by atoms with Gasteiger partial charge in [0.25, 0.3) is 0 Å². The number of carbonyl (C=O) groups excluding carboxylic acids is 1. The van der Waals surface area contributed by atoms with Gasteiger partial charge in [-0.05, 0) is 25.0 Å². The first-order valence-corrected chi connectivity index (χ1v) is 10.1. The summed E-state index contributed by atoms with van der Waals surface area (Å²) in [6.45, 7) is 0.585. The minimum absolute atomic E-state index is 0.0104. The van der Waals surface area contributed by atoms with E-state index >= 15 is 0 Å². The molecule has 0 saturated carbocycles. The van der Waals surface area contributed by atoms with Crippen molar-refractivity contribution in [3.05, 3.63) is 30.0 Å². The predicted molar refractivity (Wildman–Crippen MR) is 88.5 cm³/mol. The van der Waals surface area contributed by atoms with Gasteiger partial charge < -0.3 is 13.8 Å². The van der Waals surface area contributed by atoms with Crippen molar-refractivity contribution in [1.82, 2.24) is 15.0 Å². The van der Waals surface area contributed by atoms with Crippen molar-refractivity contribution in [2.45, 2.75) is 37.5 Å². The third kappa shape index (κ3) is 4.59. The Balaban J connectivity index is 1.72. The largest absolute Gasteiger partial charge is 0.467 e. The van der Waals surface area contributed by atoms with Crippen LogP contribution >= 0.6 is 0 Å². The number of likely N-dealkylation sites (tertiary alicyclic amines) is 1. The second kappa shape index (κ2) is 7.26. The van der Waals surface area contributed by atoms with Crippen molar-refractivity contribution in [1.29, 1.82) is 0 Å². The molecule has 136 valence electrons. The van der Waals surface area contributed by atoms with E-state index in [1.165, 1.54) is 0 Å². The van der Waals surface area contributed by atoms with Gasteiger partial charge >= 0.3 is 12.0 Å². The van der Waals surface area contributed by atoms with E-state index in [9.17, 15) is 13.2 Å². The van der Waals surface area contributed by atoms with Crippen LogP contribution in [0.15, 0.2) is 27.3 Å². The van der Waals surface area contributed by atoms with Crippen LogP contribution in [0.5, 0.6) is 0 Å². The van der Waals surface area contributed by atoms with E-state index < -0.39 is 9.84 Å². The standard InChI is InChI=1S/C15H20N4O5S/c1-25(21,22)10-13-16-14(24-18-13)17-15(20)19-8-4-2-3-6-11(19)12-7-5-9-23-12/h5,7,9,11H,2-4,6,8,10H2,1H3,(H,16,17,18,20)/t11-/m0/s1. The topological polar surface area (TPSA) is 119 Å². The van der Waals surface area contributed by atoms with Gasteiger partial charge in [-0.2, -0.15) is 4.98 Å². The molecule has 0 aromatic carbocycles. The highest BCUT2D eigenvalue weighted by Crippen LogP contribution is 2.30. The molecule has 1 aliphatic rings. The van der Waals surface area contributed by atoms with Gasteiger partial charge in [-0.15, -0.1) is 0 Å². The molecule has 2 amide bonds. The minimum Gasteiger partial charge on any atom is -0.467 e. The summed E-state index contributed by atoms with van der Waals surface area (Å²) in [5.41, 5.74) is 0. The Kier molecular flexibility index (Phi) is 5.07. The summed E-state index contributed by atoms with van der Waals surface area (Å²) >= 11 is 0. The van der Waals surface area contributed by atoms with Crippen molar-refractivity contribution < 1.29 is 22.2 Å². The first-order chi connectivity index (χ1) is 11.9. The van der Waals surface area contributed by atoms with Gasteiger partial charge in [0.05, 0.1) is 12.3 Å². The molecule has 2 aromatic rings. The molecule has 25 heavy (non-hydrogen) atoms. The Bertz CT molecular complexity index is 815. The summed E-state index contributed by atoms with van der Waals surface area (Å²) in [6, 6.07) is 3.00. The zero-order valence-corrected chi connectivity index (χ0v) is 14.7. The van der Waals surface area contributed by atoms with Gasteiger partial charge in [-0.25, -0.2) is 13.2 Å². The van der Waals surface area contributed by atoms with Crippen LogP contribution in [0.2, 0.25) is 0 Å². The Morgan fingerprint density at radius 2 is 2.24 bits per heavy atom.